The van der Waals surface area contributed by atoms with Gasteiger partial charge in [-0.25, -0.2) is 4.79 Å². The van der Waals surface area contributed by atoms with Gasteiger partial charge in [0.05, 0.1) is 11.5 Å². The van der Waals surface area contributed by atoms with E-state index in [0.29, 0.717) is 16.9 Å². The van der Waals surface area contributed by atoms with Crippen molar-refractivity contribution >= 4 is 5.97 Å². The van der Waals surface area contributed by atoms with Gasteiger partial charge in [-0.15, -0.1) is 0 Å². The number of rotatable bonds is 0. The number of benzene rings is 2. The largest absolute Gasteiger partial charge is 0.508 e. The van der Waals surface area contributed by atoms with Crippen LogP contribution in [0.3, 0.4) is 0 Å². The first-order chi connectivity index (χ1) is 12.1. The molecule has 3 unspecified atom stereocenters. The van der Waals surface area contributed by atoms with Crippen LogP contribution in [0.2, 0.25) is 0 Å². The maximum atomic E-state index is 12.6. The van der Waals surface area contributed by atoms with Gasteiger partial charge in [0.1, 0.15) is 23.4 Å². The van der Waals surface area contributed by atoms with Gasteiger partial charge in [-0.05, 0) is 30.4 Å². The number of ether oxygens (including phenoxy) is 2. The van der Waals surface area contributed by atoms with Gasteiger partial charge in [-0.1, -0.05) is 24.3 Å². The highest BCUT2D eigenvalue weighted by Crippen LogP contribution is 2.55. The number of fused-ring (bicyclic) bond motifs is 6. The van der Waals surface area contributed by atoms with Crippen LogP contribution in [0.25, 0.3) is 0 Å². The Morgan fingerprint density at radius 2 is 1.88 bits per heavy atom. The molecule has 0 radical (unpaired) electrons. The molecule has 0 fully saturated rings. The molecule has 124 valence electrons. The van der Waals surface area contributed by atoms with Gasteiger partial charge in [0.15, 0.2) is 5.60 Å². The predicted molar refractivity (Wildman–Crippen MR) is 88.5 cm³/mol. The fourth-order valence-corrected chi connectivity index (χ4v) is 4.04. The van der Waals surface area contributed by atoms with E-state index < -0.39 is 11.7 Å². The fourth-order valence-electron chi connectivity index (χ4n) is 4.04. The summed E-state index contributed by atoms with van der Waals surface area (Å²) in [6.45, 7) is 0. The molecule has 25 heavy (non-hydrogen) atoms. The highest BCUT2D eigenvalue weighted by molar-refractivity contribution is 5.96. The van der Waals surface area contributed by atoms with Crippen molar-refractivity contribution in [3.63, 3.8) is 0 Å². The smallest absolute Gasteiger partial charge is 0.339 e. The molecule has 0 saturated heterocycles. The monoisotopic (exact) mass is 334 g/mol. The molecule has 0 bridgehead atoms. The zero-order valence-corrected chi connectivity index (χ0v) is 13.0. The molecular weight excluding hydrogens is 320 g/mol. The van der Waals surface area contributed by atoms with Crippen LogP contribution in [-0.2, 0) is 10.3 Å². The number of aromatic hydroxyl groups is 1. The molecule has 2 aromatic rings. The molecule has 2 N–H and O–H groups in total. The van der Waals surface area contributed by atoms with Crippen LogP contribution in [0, 0.1) is 5.92 Å². The average Bonchev–Trinajstić information content (AvgIpc) is 2.88. The molecular formula is C20H14O5. The summed E-state index contributed by atoms with van der Waals surface area (Å²) in [5.41, 5.74) is 0.927. The second-order valence-corrected chi connectivity index (χ2v) is 6.41. The summed E-state index contributed by atoms with van der Waals surface area (Å²) in [4.78, 5) is 12.6. The molecule has 5 heteroatoms. The Balaban J connectivity index is 1.84. The SMILES string of the molecule is O=C1OC2(c3ccc(O)cc3OC3C=C(O)C=CC32)c2ccccc21. The third-order valence-corrected chi connectivity index (χ3v) is 5.06. The third kappa shape index (κ3) is 1.75. The number of phenolic OH excluding ortho intramolecular Hbond substituents is 1. The summed E-state index contributed by atoms with van der Waals surface area (Å²) in [6, 6.07) is 12.1. The van der Waals surface area contributed by atoms with Gasteiger partial charge in [0, 0.05) is 17.2 Å². The number of esters is 1. The van der Waals surface area contributed by atoms with Gasteiger partial charge in [0.25, 0.3) is 0 Å². The average molecular weight is 334 g/mol. The van der Waals surface area contributed by atoms with Crippen molar-refractivity contribution in [2.75, 3.05) is 0 Å². The quantitative estimate of drug-likeness (QED) is 0.724. The number of aliphatic hydroxyl groups is 1. The third-order valence-electron chi connectivity index (χ3n) is 5.06. The fraction of sp³-hybridized carbons (Fsp3) is 0.150. The van der Waals surface area contributed by atoms with Crippen molar-refractivity contribution in [2.45, 2.75) is 11.7 Å². The van der Waals surface area contributed by atoms with Crippen molar-refractivity contribution in [1.82, 2.24) is 0 Å². The maximum absolute atomic E-state index is 12.6. The van der Waals surface area contributed by atoms with E-state index in [0.717, 1.165) is 5.56 Å². The maximum Gasteiger partial charge on any atom is 0.339 e. The number of aliphatic hydroxyl groups excluding tert-OH is 1. The molecule has 2 aromatic carbocycles. The van der Waals surface area contributed by atoms with E-state index in [1.54, 1.807) is 36.4 Å². The minimum absolute atomic E-state index is 0.0597. The number of carbonyl (C=O) groups excluding carboxylic acids is 1. The van der Waals surface area contributed by atoms with Crippen LogP contribution < -0.4 is 4.74 Å². The van der Waals surface area contributed by atoms with Crippen molar-refractivity contribution in [3.8, 4) is 11.5 Å². The van der Waals surface area contributed by atoms with Gasteiger partial charge in [-0.3, -0.25) is 0 Å². The Labute approximate surface area is 143 Å². The first-order valence-corrected chi connectivity index (χ1v) is 8.01. The van der Waals surface area contributed by atoms with Crippen LogP contribution >= 0.6 is 0 Å². The number of hydrogen-bond acceptors (Lipinski definition) is 5. The number of allylic oxidation sites excluding steroid dienone is 1. The van der Waals surface area contributed by atoms with Gasteiger partial charge >= 0.3 is 5.97 Å². The van der Waals surface area contributed by atoms with Crippen molar-refractivity contribution < 1.29 is 24.5 Å². The van der Waals surface area contributed by atoms with Crippen LogP contribution in [-0.4, -0.2) is 22.3 Å². The van der Waals surface area contributed by atoms with Crippen molar-refractivity contribution in [3.05, 3.63) is 83.1 Å². The summed E-state index contributed by atoms with van der Waals surface area (Å²) in [5, 5.41) is 19.7. The molecule has 1 spiro atoms. The summed E-state index contributed by atoms with van der Waals surface area (Å²) in [6.07, 6.45) is 4.48. The number of hydrogen-bond donors (Lipinski definition) is 2. The van der Waals surface area contributed by atoms with E-state index in [-0.39, 0.29) is 23.4 Å². The van der Waals surface area contributed by atoms with Gasteiger partial charge < -0.3 is 19.7 Å². The molecule has 5 rings (SSSR count). The van der Waals surface area contributed by atoms with E-state index in [1.807, 2.05) is 18.2 Å². The zero-order chi connectivity index (χ0) is 17.2. The predicted octanol–water partition coefficient (Wildman–Crippen LogP) is 3.20. The topological polar surface area (TPSA) is 76.0 Å². The molecule has 5 nitrogen and oxygen atoms in total. The molecule has 2 aliphatic heterocycles. The first-order valence-electron chi connectivity index (χ1n) is 8.01. The second-order valence-electron chi connectivity index (χ2n) is 6.41. The van der Waals surface area contributed by atoms with Crippen LogP contribution in [0.4, 0.5) is 0 Å². The van der Waals surface area contributed by atoms with E-state index in [4.69, 9.17) is 9.47 Å². The molecule has 2 heterocycles. The van der Waals surface area contributed by atoms with E-state index in [1.165, 1.54) is 6.07 Å². The van der Waals surface area contributed by atoms with E-state index in [9.17, 15) is 15.0 Å². The van der Waals surface area contributed by atoms with Crippen LogP contribution in [0.1, 0.15) is 21.5 Å². The van der Waals surface area contributed by atoms with Crippen LogP contribution in [0.5, 0.6) is 11.5 Å². The van der Waals surface area contributed by atoms with Crippen molar-refractivity contribution in [2.24, 2.45) is 5.92 Å². The second kappa shape index (κ2) is 4.66. The Kier molecular flexibility index (Phi) is 2.64. The molecule has 0 saturated carbocycles. The molecule has 3 atom stereocenters. The van der Waals surface area contributed by atoms with Crippen LogP contribution in [0.15, 0.2) is 66.5 Å². The number of phenols is 1. The Hall–Kier alpha value is -3.21. The minimum atomic E-state index is -1.05. The molecule has 1 aliphatic carbocycles. The standard InChI is InChI=1S/C20H14O5/c21-11-5-7-15-17(9-11)24-18-10-12(22)6-8-16(18)20(15)14-4-2-1-3-13(14)19(23)25-20/h1-10,15,17,21-22H. The first kappa shape index (κ1) is 14.2. The van der Waals surface area contributed by atoms with Gasteiger partial charge in [-0.2, -0.15) is 0 Å². The normalized spacial score (nSPS) is 28.5. The zero-order valence-electron chi connectivity index (χ0n) is 13.0. The van der Waals surface area contributed by atoms with Crippen molar-refractivity contribution in [1.29, 1.82) is 0 Å². The Bertz CT molecular complexity index is 974. The molecule has 0 amide bonds. The minimum Gasteiger partial charge on any atom is -0.508 e. The lowest BCUT2D eigenvalue weighted by atomic mass is 9.70. The summed E-state index contributed by atoms with van der Waals surface area (Å²) < 4.78 is 12.0. The van der Waals surface area contributed by atoms with Gasteiger partial charge in [0.2, 0.25) is 0 Å². The highest BCUT2D eigenvalue weighted by Gasteiger charge is 2.58. The lowest BCUT2D eigenvalue weighted by Crippen LogP contribution is -2.48. The number of carbonyl (C=O) groups is 1. The summed E-state index contributed by atoms with van der Waals surface area (Å²) >= 11 is 0. The lowest BCUT2D eigenvalue weighted by molar-refractivity contribution is -0.0424. The summed E-state index contributed by atoms with van der Waals surface area (Å²) in [7, 11) is 0. The van der Waals surface area contributed by atoms with E-state index in [2.05, 4.69) is 0 Å². The highest BCUT2D eigenvalue weighted by atomic mass is 16.6. The lowest BCUT2D eigenvalue weighted by Gasteiger charge is -2.44. The Morgan fingerprint density at radius 3 is 2.76 bits per heavy atom. The molecule has 3 aliphatic rings. The Morgan fingerprint density at radius 1 is 1.04 bits per heavy atom. The van der Waals surface area contributed by atoms with E-state index >= 15 is 0 Å². The molecule has 0 aromatic heterocycles. The summed E-state index contributed by atoms with van der Waals surface area (Å²) in [5.74, 6) is -0.122.